The summed E-state index contributed by atoms with van der Waals surface area (Å²) in [5.41, 5.74) is 1.74. The van der Waals surface area contributed by atoms with Gasteiger partial charge in [0.1, 0.15) is 21.7 Å². The number of aromatic nitrogens is 3. The van der Waals surface area contributed by atoms with Crippen molar-refractivity contribution in [3.05, 3.63) is 41.8 Å². The fraction of sp³-hybridized carbons (Fsp3) is 0. The molecule has 0 bridgehead atoms. The fourth-order valence-electron chi connectivity index (χ4n) is 1.43. The van der Waals surface area contributed by atoms with Crippen LogP contribution >= 0.6 is 22.9 Å². The first-order valence-corrected chi connectivity index (χ1v) is 5.86. The van der Waals surface area contributed by atoms with Crippen LogP contribution in [-0.4, -0.2) is 15.0 Å². The largest absolute Gasteiger partial charge is 0.231 e. The second-order valence-electron chi connectivity index (χ2n) is 3.20. The zero-order chi connectivity index (χ0) is 11.0. The lowest BCUT2D eigenvalue weighted by Gasteiger charge is -1.92. The molecule has 0 amide bonds. The van der Waals surface area contributed by atoms with E-state index in [0.29, 0.717) is 10.7 Å². The number of nitrogens with zero attached hydrogens (tertiary/aromatic N) is 3. The molecule has 0 radical (unpaired) electrons. The van der Waals surface area contributed by atoms with Gasteiger partial charge in [0.05, 0.1) is 0 Å². The van der Waals surface area contributed by atoms with Crippen LogP contribution in [0.5, 0.6) is 0 Å². The zero-order valence-electron chi connectivity index (χ0n) is 8.09. The Morgan fingerprint density at radius 1 is 1.06 bits per heavy atom. The molecule has 2 aromatic heterocycles. The van der Waals surface area contributed by atoms with Crippen LogP contribution in [0.15, 0.2) is 36.7 Å². The van der Waals surface area contributed by atoms with Gasteiger partial charge in [0, 0.05) is 5.56 Å². The Morgan fingerprint density at radius 2 is 1.88 bits per heavy atom. The summed E-state index contributed by atoms with van der Waals surface area (Å²) in [5.74, 6) is 0. The normalized spacial score (nSPS) is 10.8. The lowest BCUT2D eigenvalue weighted by Crippen LogP contribution is -1.79. The molecule has 0 saturated heterocycles. The summed E-state index contributed by atoms with van der Waals surface area (Å²) < 4.78 is 0. The quantitative estimate of drug-likeness (QED) is 0.619. The molecule has 3 rings (SSSR count). The Morgan fingerprint density at radius 3 is 2.62 bits per heavy atom. The van der Waals surface area contributed by atoms with Crippen molar-refractivity contribution in [3.8, 4) is 10.6 Å². The van der Waals surface area contributed by atoms with Crippen LogP contribution in [0.2, 0.25) is 5.15 Å². The molecule has 0 N–H and O–H groups in total. The number of fused-ring (bicyclic) bond motifs is 1. The first kappa shape index (κ1) is 9.69. The molecular formula is C11H6ClN3S. The van der Waals surface area contributed by atoms with E-state index in [2.05, 4.69) is 15.0 Å². The highest BCUT2D eigenvalue weighted by molar-refractivity contribution is 7.21. The lowest BCUT2D eigenvalue weighted by molar-refractivity contribution is 1.22. The predicted octanol–water partition coefficient (Wildman–Crippen LogP) is 3.41. The number of hydrogen-bond acceptors (Lipinski definition) is 4. The van der Waals surface area contributed by atoms with Crippen LogP contribution in [0.25, 0.3) is 20.9 Å². The monoisotopic (exact) mass is 247 g/mol. The maximum atomic E-state index is 5.95. The molecule has 0 atom stereocenters. The number of halogens is 1. The van der Waals surface area contributed by atoms with E-state index in [1.54, 1.807) is 0 Å². The van der Waals surface area contributed by atoms with E-state index in [-0.39, 0.29) is 0 Å². The van der Waals surface area contributed by atoms with Crippen LogP contribution in [-0.2, 0) is 0 Å². The van der Waals surface area contributed by atoms with E-state index in [0.717, 1.165) is 15.4 Å². The minimum Gasteiger partial charge on any atom is -0.231 e. The van der Waals surface area contributed by atoms with Gasteiger partial charge in [0.15, 0.2) is 5.15 Å². The third kappa shape index (κ3) is 1.56. The Kier molecular flexibility index (Phi) is 2.31. The van der Waals surface area contributed by atoms with E-state index in [1.807, 2.05) is 30.3 Å². The van der Waals surface area contributed by atoms with Crippen LogP contribution in [0.4, 0.5) is 0 Å². The summed E-state index contributed by atoms with van der Waals surface area (Å²) in [4.78, 5) is 13.3. The molecule has 0 fully saturated rings. The Balaban J connectivity index is 2.23. The van der Waals surface area contributed by atoms with Crippen LogP contribution in [0, 0.1) is 0 Å². The van der Waals surface area contributed by atoms with Crippen molar-refractivity contribution in [2.75, 3.05) is 0 Å². The smallest absolute Gasteiger partial charge is 0.159 e. The van der Waals surface area contributed by atoms with Crippen molar-refractivity contribution in [2.45, 2.75) is 0 Å². The number of rotatable bonds is 1. The van der Waals surface area contributed by atoms with Crippen molar-refractivity contribution in [1.82, 2.24) is 15.0 Å². The Bertz CT molecular complexity index is 636. The Hall–Kier alpha value is -1.52. The van der Waals surface area contributed by atoms with Gasteiger partial charge >= 0.3 is 0 Å². The van der Waals surface area contributed by atoms with Gasteiger partial charge in [-0.1, -0.05) is 53.3 Å². The molecule has 3 nitrogen and oxygen atoms in total. The number of hydrogen-bond donors (Lipinski definition) is 0. The highest BCUT2D eigenvalue weighted by Crippen LogP contribution is 2.30. The van der Waals surface area contributed by atoms with Gasteiger partial charge in [0.25, 0.3) is 0 Å². The zero-order valence-corrected chi connectivity index (χ0v) is 9.66. The predicted molar refractivity (Wildman–Crippen MR) is 65.7 cm³/mol. The maximum absolute atomic E-state index is 5.95. The van der Waals surface area contributed by atoms with Crippen LogP contribution in [0.3, 0.4) is 0 Å². The summed E-state index contributed by atoms with van der Waals surface area (Å²) in [5, 5.41) is 1.32. The molecule has 78 valence electrons. The third-order valence-corrected chi connectivity index (χ3v) is 3.46. The van der Waals surface area contributed by atoms with Crippen LogP contribution < -0.4 is 0 Å². The number of benzene rings is 1. The highest BCUT2D eigenvalue weighted by atomic mass is 35.5. The molecule has 0 saturated carbocycles. The summed E-state index contributed by atoms with van der Waals surface area (Å²) in [6.45, 7) is 0. The average molecular weight is 248 g/mol. The van der Waals surface area contributed by atoms with Gasteiger partial charge < -0.3 is 0 Å². The van der Waals surface area contributed by atoms with Gasteiger partial charge in [-0.3, -0.25) is 0 Å². The van der Waals surface area contributed by atoms with Crippen molar-refractivity contribution in [3.63, 3.8) is 0 Å². The third-order valence-electron chi connectivity index (χ3n) is 2.17. The highest BCUT2D eigenvalue weighted by Gasteiger charge is 2.09. The molecule has 0 unspecified atom stereocenters. The van der Waals surface area contributed by atoms with Crippen molar-refractivity contribution < 1.29 is 0 Å². The van der Waals surface area contributed by atoms with E-state index in [4.69, 9.17) is 11.6 Å². The van der Waals surface area contributed by atoms with Gasteiger partial charge in [0.2, 0.25) is 0 Å². The molecule has 16 heavy (non-hydrogen) atoms. The van der Waals surface area contributed by atoms with E-state index < -0.39 is 0 Å². The average Bonchev–Trinajstić information content (AvgIpc) is 2.76. The van der Waals surface area contributed by atoms with Crippen molar-refractivity contribution in [1.29, 1.82) is 0 Å². The molecule has 0 aliphatic heterocycles. The first-order valence-electron chi connectivity index (χ1n) is 4.67. The van der Waals surface area contributed by atoms with Gasteiger partial charge in [-0.2, -0.15) is 0 Å². The minimum atomic E-state index is 0.406. The van der Waals surface area contributed by atoms with Crippen molar-refractivity contribution in [2.24, 2.45) is 0 Å². The van der Waals surface area contributed by atoms with Gasteiger partial charge in [-0.05, 0) is 0 Å². The molecule has 2 heterocycles. The first-order chi connectivity index (χ1) is 7.84. The second-order valence-corrected chi connectivity index (χ2v) is 4.54. The lowest BCUT2D eigenvalue weighted by atomic mass is 10.2. The Labute approximate surface area is 101 Å². The van der Waals surface area contributed by atoms with Crippen LogP contribution in [0.1, 0.15) is 0 Å². The molecule has 0 aliphatic carbocycles. The van der Waals surface area contributed by atoms with Gasteiger partial charge in [-0.25, -0.2) is 15.0 Å². The van der Waals surface area contributed by atoms with Crippen molar-refractivity contribution >= 4 is 33.3 Å². The minimum absolute atomic E-state index is 0.406. The van der Waals surface area contributed by atoms with E-state index in [9.17, 15) is 0 Å². The molecule has 1 aromatic carbocycles. The maximum Gasteiger partial charge on any atom is 0.159 e. The summed E-state index contributed by atoms with van der Waals surface area (Å²) >= 11 is 7.47. The molecule has 0 aliphatic rings. The van der Waals surface area contributed by atoms with Gasteiger partial charge in [-0.15, -0.1) is 0 Å². The number of thiazole rings is 1. The standard InChI is InChI=1S/C11H6ClN3S/c12-9-8-11(14-6-13-9)16-10(15-8)7-4-2-1-3-5-7/h1-6H. The van der Waals surface area contributed by atoms with E-state index in [1.165, 1.54) is 17.7 Å². The SMILES string of the molecule is Clc1ncnc2sc(-c3ccccc3)nc12. The molecule has 3 aromatic rings. The topological polar surface area (TPSA) is 38.7 Å². The molecular weight excluding hydrogens is 242 g/mol. The van der Waals surface area contributed by atoms with E-state index >= 15 is 0 Å². The summed E-state index contributed by atoms with van der Waals surface area (Å²) in [6, 6.07) is 9.96. The fourth-order valence-corrected chi connectivity index (χ4v) is 2.58. The summed E-state index contributed by atoms with van der Waals surface area (Å²) in [6.07, 6.45) is 1.46. The molecule has 0 spiro atoms. The second kappa shape index (κ2) is 3.81. The summed E-state index contributed by atoms with van der Waals surface area (Å²) in [7, 11) is 0. The molecule has 5 heteroatoms.